The van der Waals surface area contributed by atoms with Crippen LogP contribution in [0.2, 0.25) is 5.15 Å². The number of benzene rings is 1. The van der Waals surface area contributed by atoms with Gasteiger partial charge in [-0.15, -0.1) is 0 Å². The number of hydrogen-bond acceptors (Lipinski definition) is 4. The number of nitrogens with zero attached hydrogens (tertiary/aromatic N) is 4. The van der Waals surface area contributed by atoms with Crippen LogP contribution in [0.1, 0.15) is 36.1 Å². The standard InChI is InChI=1S/C20H22ClN5/c1-2-6-18-22-11-15-12-26(10-9-16(15)23-18)13-17-19(21)25-20(24-17)14-7-4-3-5-8-14/h3-5,7-8,11H,2,6,9-10,12-13H2,1H3,(H,24,25). The first-order chi connectivity index (χ1) is 12.7. The van der Waals surface area contributed by atoms with Gasteiger partial charge < -0.3 is 4.98 Å². The molecule has 0 unspecified atom stereocenters. The van der Waals surface area contributed by atoms with Gasteiger partial charge in [-0.2, -0.15) is 0 Å². The number of aryl methyl sites for hydroxylation is 1. The Bertz CT molecular complexity index is 890. The summed E-state index contributed by atoms with van der Waals surface area (Å²) < 4.78 is 0. The SMILES string of the molecule is CCCc1ncc2c(n1)CCN(Cc1[nH]c(-c3ccccc3)nc1Cl)C2. The van der Waals surface area contributed by atoms with E-state index in [1.54, 1.807) is 0 Å². The summed E-state index contributed by atoms with van der Waals surface area (Å²) in [6.07, 6.45) is 4.96. The monoisotopic (exact) mass is 367 g/mol. The maximum atomic E-state index is 6.38. The molecule has 26 heavy (non-hydrogen) atoms. The molecule has 1 aliphatic heterocycles. The van der Waals surface area contributed by atoms with Crippen LogP contribution in [0.3, 0.4) is 0 Å². The van der Waals surface area contributed by atoms with Crippen molar-refractivity contribution in [3.63, 3.8) is 0 Å². The fourth-order valence-corrected chi connectivity index (χ4v) is 3.54. The van der Waals surface area contributed by atoms with Crippen molar-refractivity contribution in [2.45, 2.75) is 39.3 Å². The summed E-state index contributed by atoms with van der Waals surface area (Å²) >= 11 is 6.38. The van der Waals surface area contributed by atoms with E-state index in [1.165, 1.54) is 11.3 Å². The Morgan fingerprint density at radius 1 is 1.19 bits per heavy atom. The predicted octanol–water partition coefficient (Wildman–Crippen LogP) is 4.03. The van der Waals surface area contributed by atoms with E-state index in [9.17, 15) is 0 Å². The number of fused-ring (bicyclic) bond motifs is 1. The molecule has 6 heteroatoms. The van der Waals surface area contributed by atoms with Gasteiger partial charge in [-0.05, 0) is 6.42 Å². The zero-order chi connectivity index (χ0) is 17.9. The number of nitrogens with one attached hydrogen (secondary N) is 1. The summed E-state index contributed by atoms with van der Waals surface area (Å²) in [6.45, 7) is 4.71. The average molecular weight is 368 g/mol. The summed E-state index contributed by atoms with van der Waals surface area (Å²) in [5, 5.41) is 0.546. The fourth-order valence-electron chi connectivity index (χ4n) is 3.34. The van der Waals surface area contributed by atoms with Crippen LogP contribution in [0.15, 0.2) is 36.5 Å². The first kappa shape index (κ1) is 17.2. The molecule has 0 fully saturated rings. The number of rotatable bonds is 5. The van der Waals surface area contributed by atoms with Crippen molar-refractivity contribution in [2.24, 2.45) is 0 Å². The number of imidazole rings is 1. The van der Waals surface area contributed by atoms with E-state index in [1.807, 2.05) is 36.5 Å². The number of halogens is 1. The lowest BCUT2D eigenvalue weighted by atomic mass is 10.1. The lowest BCUT2D eigenvalue weighted by Crippen LogP contribution is -2.31. The lowest BCUT2D eigenvalue weighted by Gasteiger charge is -2.27. The first-order valence-electron chi connectivity index (χ1n) is 9.08. The highest BCUT2D eigenvalue weighted by Crippen LogP contribution is 2.24. The minimum Gasteiger partial charge on any atom is -0.339 e. The summed E-state index contributed by atoms with van der Waals surface area (Å²) in [6, 6.07) is 10.1. The Morgan fingerprint density at radius 2 is 2.04 bits per heavy atom. The van der Waals surface area contributed by atoms with Gasteiger partial charge in [0.05, 0.1) is 5.69 Å². The molecule has 1 N–H and O–H groups in total. The molecule has 1 aromatic carbocycles. The highest BCUT2D eigenvalue weighted by atomic mass is 35.5. The average Bonchev–Trinajstić information content (AvgIpc) is 3.03. The molecule has 0 spiro atoms. The largest absolute Gasteiger partial charge is 0.339 e. The van der Waals surface area contributed by atoms with Crippen LogP contribution >= 0.6 is 11.6 Å². The molecule has 3 heterocycles. The van der Waals surface area contributed by atoms with E-state index in [0.29, 0.717) is 5.15 Å². The van der Waals surface area contributed by atoms with Gasteiger partial charge in [0.25, 0.3) is 0 Å². The smallest absolute Gasteiger partial charge is 0.152 e. The van der Waals surface area contributed by atoms with Crippen molar-refractivity contribution in [1.29, 1.82) is 0 Å². The fraction of sp³-hybridized carbons (Fsp3) is 0.350. The minimum absolute atomic E-state index is 0.546. The van der Waals surface area contributed by atoms with Gasteiger partial charge >= 0.3 is 0 Å². The molecular formula is C20H22ClN5. The third-order valence-electron chi connectivity index (χ3n) is 4.69. The van der Waals surface area contributed by atoms with Gasteiger partial charge in [-0.25, -0.2) is 15.0 Å². The van der Waals surface area contributed by atoms with Crippen LogP contribution in [0.4, 0.5) is 0 Å². The van der Waals surface area contributed by atoms with Crippen molar-refractivity contribution in [3.05, 3.63) is 64.5 Å². The van der Waals surface area contributed by atoms with Gasteiger partial charge in [0, 0.05) is 55.5 Å². The van der Waals surface area contributed by atoms with Crippen LogP contribution in [-0.2, 0) is 25.9 Å². The molecule has 0 amide bonds. The van der Waals surface area contributed by atoms with E-state index >= 15 is 0 Å². The maximum Gasteiger partial charge on any atom is 0.152 e. The Labute approximate surface area is 158 Å². The molecule has 0 saturated heterocycles. The molecule has 0 radical (unpaired) electrons. The van der Waals surface area contributed by atoms with E-state index in [4.69, 9.17) is 16.6 Å². The van der Waals surface area contributed by atoms with E-state index < -0.39 is 0 Å². The van der Waals surface area contributed by atoms with Crippen molar-refractivity contribution >= 4 is 11.6 Å². The summed E-state index contributed by atoms with van der Waals surface area (Å²) in [4.78, 5) is 19.4. The zero-order valence-electron chi connectivity index (χ0n) is 14.9. The normalized spacial score (nSPS) is 14.4. The second kappa shape index (κ2) is 7.56. The molecule has 134 valence electrons. The molecule has 0 bridgehead atoms. The molecule has 4 rings (SSSR count). The van der Waals surface area contributed by atoms with E-state index in [0.717, 1.165) is 61.8 Å². The van der Waals surface area contributed by atoms with Gasteiger partial charge in [0.15, 0.2) is 5.15 Å². The predicted molar refractivity (Wildman–Crippen MR) is 103 cm³/mol. The summed E-state index contributed by atoms with van der Waals surface area (Å²) in [5.41, 5.74) is 4.41. The van der Waals surface area contributed by atoms with Crippen LogP contribution in [-0.4, -0.2) is 31.4 Å². The second-order valence-electron chi connectivity index (χ2n) is 6.69. The second-order valence-corrected chi connectivity index (χ2v) is 7.05. The molecule has 0 aliphatic carbocycles. The number of aromatic amines is 1. The number of hydrogen-bond donors (Lipinski definition) is 1. The Morgan fingerprint density at radius 3 is 2.85 bits per heavy atom. The lowest BCUT2D eigenvalue weighted by molar-refractivity contribution is 0.240. The van der Waals surface area contributed by atoms with Crippen molar-refractivity contribution in [1.82, 2.24) is 24.8 Å². The van der Waals surface area contributed by atoms with Crippen molar-refractivity contribution in [2.75, 3.05) is 6.54 Å². The van der Waals surface area contributed by atoms with Crippen LogP contribution in [0.5, 0.6) is 0 Å². The molecule has 5 nitrogen and oxygen atoms in total. The molecule has 2 aromatic heterocycles. The third-order valence-corrected chi connectivity index (χ3v) is 5.01. The van der Waals surface area contributed by atoms with Gasteiger partial charge in [-0.3, -0.25) is 4.90 Å². The maximum absolute atomic E-state index is 6.38. The van der Waals surface area contributed by atoms with E-state index in [2.05, 4.69) is 26.8 Å². The van der Waals surface area contributed by atoms with Crippen molar-refractivity contribution in [3.8, 4) is 11.4 Å². The molecule has 0 saturated carbocycles. The van der Waals surface area contributed by atoms with Gasteiger partial charge in [0.2, 0.25) is 0 Å². The zero-order valence-corrected chi connectivity index (χ0v) is 15.6. The Balaban J connectivity index is 1.48. The molecule has 3 aromatic rings. The molecule has 0 atom stereocenters. The van der Waals surface area contributed by atoms with Crippen LogP contribution < -0.4 is 0 Å². The van der Waals surface area contributed by atoms with E-state index in [-0.39, 0.29) is 0 Å². The topological polar surface area (TPSA) is 57.7 Å². The third kappa shape index (κ3) is 3.64. The number of H-pyrrole nitrogens is 1. The minimum atomic E-state index is 0.546. The van der Waals surface area contributed by atoms with Crippen LogP contribution in [0.25, 0.3) is 11.4 Å². The molecular weight excluding hydrogens is 346 g/mol. The highest BCUT2D eigenvalue weighted by Gasteiger charge is 2.20. The van der Waals surface area contributed by atoms with Crippen molar-refractivity contribution < 1.29 is 0 Å². The summed E-state index contributed by atoms with van der Waals surface area (Å²) in [7, 11) is 0. The first-order valence-corrected chi connectivity index (χ1v) is 9.46. The highest BCUT2D eigenvalue weighted by molar-refractivity contribution is 6.30. The van der Waals surface area contributed by atoms with Crippen LogP contribution in [0, 0.1) is 0 Å². The summed E-state index contributed by atoms with van der Waals surface area (Å²) in [5.74, 6) is 1.78. The Hall–Kier alpha value is -2.24. The molecule has 1 aliphatic rings. The van der Waals surface area contributed by atoms with Gasteiger partial charge in [-0.1, -0.05) is 48.9 Å². The Kier molecular flexibility index (Phi) is 5.00. The van der Waals surface area contributed by atoms with Gasteiger partial charge in [0.1, 0.15) is 11.6 Å². The number of aromatic nitrogens is 4. The quantitative estimate of drug-likeness (QED) is 0.739.